The molecule has 0 aliphatic heterocycles. The van der Waals surface area contributed by atoms with Gasteiger partial charge in [0, 0.05) is 21.5 Å². The van der Waals surface area contributed by atoms with Crippen molar-refractivity contribution in [2.24, 2.45) is 0 Å². The average Bonchev–Trinajstić information content (AvgIpc) is 2.72. The molecule has 0 saturated carbocycles. The van der Waals surface area contributed by atoms with Crippen LogP contribution in [0.4, 0.5) is 9.59 Å². The van der Waals surface area contributed by atoms with Crippen LogP contribution in [0.25, 0.3) is 21.5 Å². The smallest absolute Gasteiger partial charge is 0.430 e. The van der Waals surface area contributed by atoms with Gasteiger partial charge in [0.2, 0.25) is 0 Å². The van der Waals surface area contributed by atoms with E-state index < -0.39 is 12.3 Å². The van der Waals surface area contributed by atoms with Gasteiger partial charge in [0.05, 0.1) is 0 Å². The van der Waals surface area contributed by atoms with Crippen molar-refractivity contribution in [3.63, 3.8) is 0 Å². The zero-order valence-electron chi connectivity index (χ0n) is 16.0. The van der Waals surface area contributed by atoms with E-state index in [-0.39, 0.29) is 13.2 Å². The van der Waals surface area contributed by atoms with Crippen LogP contribution in [0.5, 0.6) is 11.5 Å². The van der Waals surface area contributed by atoms with Gasteiger partial charge in [-0.1, -0.05) is 67.3 Å². The molecule has 0 heterocycles. The third-order valence-electron chi connectivity index (χ3n) is 4.09. The van der Waals surface area contributed by atoms with Crippen LogP contribution in [0.1, 0.15) is 5.56 Å². The monoisotopic (exact) mass is 392 g/mol. The number of hydrogen-bond donors (Lipinski definition) is 0. The zero-order valence-corrected chi connectivity index (χ0v) is 16.0. The second kappa shape index (κ2) is 8.93. The van der Waals surface area contributed by atoms with Crippen LogP contribution >= 0.6 is 0 Å². The van der Waals surface area contributed by atoms with Crippen molar-refractivity contribution in [1.82, 2.24) is 0 Å². The van der Waals surface area contributed by atoms with E-state index in [9.17, 15) is 9.59 Å². The standard InChI is InChI=1S/C23H20O6/c1-4-12-26-22(24)28-20-16-8-6-7-9-17(16)21(29-23(25)27-13-5-2)19-14-15(3)10-11-18(19)20/h4-11,14H,1-2,12-13H2,3H3. The number of ether oxygens (including phenoxy) is 4. The number of fused-ring (bicyclic) bond motifs is 2. The van der Waals surface area contributed by atoms with Crippen LogP contribution < -0.4 is 9.47 Å². The Hall–Kier alpha value is -3.80. The first-order valence-corrected chi connectivity index (χ1v) is 8.91. The van der Waals surface area contributed by atoms with Gasteiger partial charge in [-0.25, -0.2) is 9.59 Å². The van der Waals surface area contributed by atoms with E-state index >= 15 is 0 Å². The molecule has 0 aliphatic rings. The molecule has 29 heavy (non-hydrogen) atoms. The molecule has 0 spiro atoms. The Balaban J connectivity index is 2.20. The Morgan fingerprint density at radius 1 is 0.793 bits per heavy atom. The molecule has 6 heteroatoms. The predicted molar refractivity (Wildman–Crippen MR) is 111 cm³/mol. The first-order valence-electron chi connectivity index (χ1n) is 8.91. The lowest BCUT2D eigenvalue weighted by Gasteiger charge is -2.16. The molecule has 0 radical (unpaired) electrons. The highest BCUT2D eigenvalue weighted by Crippen LogP contribution is 2.43. The molecule has 3 aromatic carbocycles. The van der Waals surface area contributed by atoms with E-state index in [1.54, 1.807) is 30.3 Å². The van der Waals surface area contributed by atoms with Gasteiger partial charge < -0.3 is 18.9 Å². The van der Waals surface area contributed by atoms with E-state index in [0.717, 1.165) is 5.56 Å². The third-order valence-corrected chi connectivity index (χ3v) is 4.09. The van der Waals surface area contributed by atoms with Crippen LogP contribution in [-0.4, -0.2) is 25.5 Å². The van der Waals surface area contributed by atoms with Crippen molar-refractivity contribution in [1.29, 1.82) is 0 Å². The van der Waals surface area contributed by atoms with Crippen LogP contribution in [0, 0.1) is 6.92 Å². The summed E-state index contributed by atoms with van der Waals surface area (Å²) in [5, 5.41) is 2.38. The number of rotatable bonds is 6. The summed E-state index contributed by atoms with van der Waals surface area (Å²) in [4.78, 5) is 24.2. The highest BCUT2D eigenvalue weighted by Gasteiger charge is 2.21. The molecule has 0 atom stereocenters. The largest absolute Gasteiger partial charge is 0.514 e. The molecule has 148 valence electrons. The Morgan fingerprint density at radius 3 is 1.79 bits per heavy atom. The molecule has 0 bridgehead atoms. The Morgan fingerprint density at radius 2 is 1.28 bits per heavy atom. The minimum atomic E-state index is -0.851. The summed E-state index contributed by atoms with van der Waals surface area (Å²) in [6, 6.07) is 12.7. The van der Waals surface area contributed by atoms with Gasteiger partial charge in [0.25, 0.3) is 0 Å². The van der Waals surface area contributed by atoms with Gasteiger partial charge in [0.1, 0.15) is 24.7 Å². The van der Waals surface area contributed by atoms with Crippen molar-refractivity contribution in [3.8, 4) is 11.5 Å². The lowest BCUT2D eigenvalue weighted by molar-refractivity contribution is 0.109. The van der Waals surface area contributed by atoms with Crippen LogP contribution in [0.3, 0.4) is 0 Å². The molecule has 0 amide bonds. The van der Waals surface area contributed by atoms with E-state index in [0.29, 0.717) is 33.0 Å². The van der Waals surface area contributed by atoms with Gasteiger partial charge >= 0.3 is 12.3 Å². The number of carbonyl (C=O) groups is 2. The maximum Gasteiger partial charge on any atom is 0.514 e. The van der Waals surface area contributed by atoms with Gasteiger partial charge in [-0.3, -0.25) is 0 Å². The molecular weight excluding hydrogens is 372 g/mol. The minimum absolute atomic E-state index is 0.0318. The normalized spacial score (nSPS) is 10.4. The number of aryl methyl sites for hydroxylation is 1. The molecule has 0 aromatic heterocycles. The number of benzene rings is 3. The topological polar surface area (TPSA) is 71.1 Å². The SMILES string of the molecule is C=CCOC(=O)Oc1c2ccccc2c(OC(=O)OCC=C)c2cc(C)ccc12. The van der Waals surface area contributed by atoms with Crippen molar-refractivity contribution < 1.29 is 28.5 Å². The molecule has 3 aromatic rings. The maximum atomic E-state index is 12.1. The van der Waals surface area contributed by atoms with E-state index in [4.69, 9.17) is 18.9 Å². The highest BCUT2D eigenvalue weighted by molar-refractivity contribution is 6.12. The summed E-state index contributed by atoms with van der Waals surface area (Å²) in [6.07, 6.45) is 1.20. The van der Waals surface area contributed by atoms with Crippen LogP contribution in [0.2, 0.25) is 0 Å². The molecule has 0 unspecified atom stereocenters. The summed E-state index contributed by atoms with van der Waals surface area (Å²) in [7, 11) is 0. The third kappa shape index (κ3) is 4.38. The first-order chi connectivity index (χ1) is 14.0. The van der Waals surface area contributed by atoms with Crippen molar-refractivity contribution >= 4 is 33.9 Å². The van der Waals surface area contributed by atoms with E-state index in [2.05, 4.69) is 13.2 Å². The fourth-order valence-corrected chi connectivity index (χ4v) is 2.91. The molecular formula is C23H20O6. The van der Waals surface area contributed by atoms with Gasteiger partial charge in [-0.2, -0.15) is 0 Å². The van der Waals surface area contributed by atoms with E-state index in [1.165, 1.54) is 12.2 Å². The molecule has 0 saturated heterocycles. The Bertz CT molecular complexity index is 1100. The fraction of sp³-hybridized carbons (Fsp3) is 0.130. The Labute approximate surface area is 167 Å². The summed E-state index contributed by atoms with van der Waals surface area (Å²) in [5.74, 6) is 0.636. The first kappa shape index (κ1) is 19.9. The molecule has 0 N–H and O–H groups in total. The van der Waals surface area contributed by atoms with Crippen molar-refractivity contribution in [2.75, 3.05) is 13.2 Å². The lowest BCUT2D eigenvalue weighted by atomic mass is 9.99. The average molecular weight is 392 g/mol. The number of carbonyl (C=O) groups excluding carboxylic acids is 2. The summed E-state index contributed by atoms with van der Waals surface area (Å²) < 4.78 is 21.0. The van der Waals surface area contributed by atoms with Gasteiger partial charge in [-0.05, 0) is 13.0 Å². The summed E-state index contributed by atoms with van der Waals surface area (Å²) in [6.45, 7) is 9.00. The van der Waals surface area contributed by atoms with Gasteiger partial charge in [-0.15, -0.1) is 0 Å². The van der Waals surface area contributed by atoms with Crippen LogP contribution in [-0.2, 0) is 9.47 Å². The molecule has 6 nitrogen and oxygen atoms in total. The lowest BCUT2D eigenvalue weighted by Crippen LogP contribution is -2.13. The summed E-state index contributed by atoms with van der Waals surface area (Å²) >= 11 is 0. The molecule has 3 rings (SSSR count). The van der Waals surface area contributed by atoms with Crippen LogP contribution in [0.15, 0.2) is 67.8 Å². The highest BCUT2D eigenvalue weighted by atomic mass is 16.7. The molecule has 0 fully saturated rings. The fourth-order valence-electron chi connectivity index (χ4n) is 2.91. The zero-order chi connectivity index (χ0) is 20.8. The predicted octanol–water partition coefficient (Wildman–Crippen LogP) is 5.70. The quantitative estimate of drug-likeness (QED) is 0.232. The minimum Gasteiger partial charge on any atom is -0.430 e. The second-order valence-corrected chi connectivity index (χ2v) is 6.16. The number of hydrogen-bond acceptors (Lipinski definition) is 6. The van der Waals surface area contributed by atoms with E-state index in [1.807, 2.05) is 19.1 Å². The van der Waals surface area contributed by atoms with Crippen molar-refractivity contribution in [3.05, 3.63) is 73.3 Å². The Kier molecular flexibility index (Phi) is 6.14. The molecule has 0 aliphatic carbocycles. The summed E-state index contributed by atoms with van der Waals surface area (Å²) in [5.41, 5.74) is 0.942. The van der Waals surface area contributed by atoms with Gasteiger partial charge in [0.15, 0.2) is 0 Å². The maximum absolute atomic E-state index is 12.1. The second-order valence-electron chi connectivity index (χ2n) is 6.16. The van der Waals surface area contributed by atoms with Crippen molar-refractivity contribution in [2.45, 2.75) is 6.92 Å².